The highest BCUT2D eigenvalue weighted by molar-refractivity contribution is 6.05. The van der Waals surface area contributed by atoms with E-state index in [4.69, 9.17) is 0 Å². The first-order chi connectivity index (χ1) is 12.5. The zero-order valence-corrected chi connectivity index (χ0v) is 14.2. The number of anilines is 2. The molecule has 26 heavy (non-hydrogen) atoms. The van der Waals surface area contributed by atoms with Crippen LogP contribution in [0.2, 0.25) is 0 Å². The molecule has 8 heteroatoms. The summed E-state index contributed by atoms with van der Waals surface area (Å²) in [5, 5.41) is 5.88. The molecule has 0 aliphatic carbocycles. The van der Waals surface area contributed by atoms with Gasteiger partial charge in [-0.25, -0.2) is 14.4 Å². The maximum Gasteiger partial charge on any atom is 0.258 e. The van der Waals surface area contributed by atoms with E-state index in [0.29, 0.717) is 22.5 Å². The molecule has 0 unspecified atom stereocenters. The molecule has 2 heterocycles. The van der Waals surface area contributed by atoms with E-state index in [9.17, 15) is 9.18 Å². The van der Waals surface area contributed by atoms with Gasteiger partial charge in [-0.2, -0.15) is 0 Å². The molecule has 4 aromatic rings. The molecular weight excluding hydrogens is 335 g/mol. The zero-order chi connectivity index (χ0) is 18.3. The maximum atomic E-state index is 13.3. The summed E-state index contributed by atoms with van der Waals surface area (Å²) < 4.78 is 13.3. The second-order valence-corrected chi connectivity index (χ2v) is 6.32. The van der Waals surface area contributed by atoms with Crippen LogP contribution in [0.3, 0.4) is 0 Å². The van der Waals surface area contributed by atoms with E-state index in [-0.39, 0.29) is 23.7 Å². The van der Waals surface area contributed by atoms with Gasteiger partial charge in [0.05, 0.1) is 22.1 Å². The predicted molar refractivity (Wildman–Crippen MR) is 98.9 cm³/mol. The standard InChI is InChI=1S/C18H17FN6O/c1-9(2)20-17-21-12-5-3-10(7-14(12)23-17)16(26)25-18-22-13-6-4-11(19)8-15(13)24-18/h3-9H,1-2H3,(H2,20,21,23)(H2,22,24,25,26). The lowest BCUT2D eigenvalue weighted by Crippen LogP contribution is -2.12. The summed E-state index contributed by atoms with van der Waals surface area (Å²) in [5.41, 5.74) is 3.09. The van der Waals surface area contributed by atoms with E-state index in [1.54, 1.807) is 24.3 Å². The van der Waals surface area contributed by atoms with E-state index in [2.05, 4.69) is 30.6 Å². The molecule has 2 aromatic carbocycles. The summed E-state index contributed by atoms with van der Waals surface area (Å²) >= 11 is 0. The van der Waals surface area contributed by atoms with Crippen LogP contribution in [0.15, 0.2) is 36.4 Å². The Morgan fingerprint density at radius 3 is 2.42 bits per heavy atom. The molecule has 4 N–H and O–H groups in total. The van der Waals surface area contributed by atoms with Crippen LogP contribution in [0, 0.1) is 5.82 Å². The number of benzene rings is 2. The number of rotatable bonds is 4. The Morgan fingerprint density at radius 1 is 1.00 bits per heavy atom. The van der Waals surface area contributed by atoms with Crippen molar-refractivity contribution in [2.45, 2.75) is 19.9 Å². The first kappa shape index (κ1) is 16.1. The average Bonchev–Trinajstić information content (AvgIpc) is 3.15. The third kappa shape index (κ3) is 3.08. The van der Waals surface area contributed by atoms with Crippen LogP contribution in [0.25, 0.3) is 22.1 Å². The molecular formula is C18H17FN6O. The number of imidazole rings is 2. The van der Waals surface area contributed by atoms with Crippen molar-refractivity contribution in [1.82, 2.24) is 19.9 Å². The number of H-pyrrole nitrogens is 2. The quantitative estimate of drug-likeness (QED) is 0.450. The fourth-order valence-corrected chi connectivity index (χ4v) is 2.71. The van der Waals surface area contributed by atoms with Gasteiger partial charge in [0, 0.05) is 11.6 Å². The molecule has 0 bridgehead atoms. The topological polar surface area (TPSA) is 98.5 Å². The molecule has 0 aliphatic rings. The third-order valence-corrected chi connectivity index (χ3v) is 3.85. The minimum absolute atomic E-state index is 0.247. The van der Waals surface area contributed by atoms with Gasteiger partial charge < -0.3 is 15.3 Å². The van der Waals surface area contributed by atoms with Crippen LogP contribution in [-0.4, -0.2) is 31.9 Å². The van der Waals surface area contributed by atoms with E-state index >= 15 is 0 Å². The Bertz CT molecular complexity index is 1110. The molecule has 0 radical (unpaired) electrons. The van der Waals surface area contributed by atoms with Crippen LogP contribution in [0.5, 0.6) is 0 Å². The van der Waals surface area contributed by atoms with Crippen LogP contribution >= 0.6 is 0 Å². The lowest BCUT2D eigenvalue weighted by molar-refractivity contribution is 0.102. The second-order valence-electron chi connectivity index (χ2n) is 6.32. The maximum absolute atomic E-state index is 13.3. The minimum atomic E-state index is -0.366. The SMILES string of the molecule is CC(C)Nc1nc2ccc(C(=O)Nc3nc4ccc(F)cc4[nH]3)cc2[nH]1. The molecule has 0 saturated carbocycles. The van der Waals surface area contributed by atoms with Gasteiger partial charge >= 0.3 is 0 Å². The van der Waals surface area contributed by atoms with Crippen molar-refractivity contribution >= 4 is 39.9 Å². The van der Waals surface area contributed by atoms with Gasteiger partial charge in [0.25, 0.3) is 5.91 Å². The highest BCUT2D eigenvalue weighted by Crippen LogP contribution is 2.19. The molecule has 132 valence electrons. The van der Waals surface area contributed by atoms with Crippen LogP contribution < -0.4 is 10.6 Å². The molecule has 0 spiro atoms. The number of nitrogens with one attached hydrogen (secondary N) is 4. The lowest BCUT2D eigenvalue weighted by atomic mass is 10.2. The number of hydrogen-bond donors (Lipinski definition) is 4. The lowest BCUT2D eigenvalue weighted by Gasteiger charge is -2.04. The number of carbonyl (C=O) groups excluding carboxylic acids is 1. The minimum Gasteiger partial charge on any atom is -0.354 e. The molecule has 7 nitrogen and oxygen atoms in total. The number of halogens is 1. The molecule has 0 atom stereocenters. The number of nitrogens with zero attached hydrogens (tertiary/aromatic N) is 2. The van der Waals surface area contributed by atoms with Gasteiger partial charge in [0.15, 0.2) is 0 Å². The third-order valence-electron chi connectivity index (χ3n) is 3.85. The normalized spacial score (nSPS) is 11.4. The van der Waals surface area contributed by atoms with Crippen molar-refractivity contribution < 1.29 is 9.18 Å². The van der Waals surface area contributed by atoms with Gasteiger partial charge in [-0.15, -0.1) is 0 Å². The number of carbonyl (C=O) groups is 1. The average molecular weight is 352 g/mol. The van der Waals surface area contributed by atoms with E-state index in [1.165, 1.54) is 12.1 Å². The fourth-order valence-electron chi connectivity index (χ4n) is 2.71. The van der Waals surface area contributed by atoms with E-state index in [1.807, 2.05) is 13.8 Å². The van der Waals surface area contributed by atoms with Crippen LogP contribution in [0.1, 0.15) is 24.2 Å². The van der Waals surface area contributed by atoms with E-state index < -0.39 is 0 Å². The number of aromatic nitrogens is 4. The predicted octanol–water partition coefficient (Wildman–Crippen LogP) is 3.65. The Morgan fingerprint density at radius 2 is 1.65 bits per heavy atom. The van der Waals surface area contributed by atoms with Crippen molar-refractivity contribution in [1.29, 1.82) is 0 Å². The van der Waals surface area contributed by atoms with Crippen molar-refractivity contribution in [2.75, 3.05) is 10.6 Å². The Labute approximate surface area is 148 Å². The highest BCUT2D eigenvalue weighted by atomic mass is 19.1. The Balaban J connectivity index is 1.58. The van der Waals surface area contributed by atoms with Gasteiger partial charge in [0.1, 0.15) is 5.82 Å². The van der Waals surface area contributed by atoms with Gasteiger partial charge in [0.2, 0.25) is 11.9 Å². The Kier molecular flexibility index (Phi) is 3.80. The molecule has 4 rings (SSSR count). The monoisotopic (exact) mass is 352 g/mol. The largest absolute Gasteiger partial charge is 0.354 e. The summed E-state index contributed by atoms with van der Waals surface area (Å²) in [6.45, 7) is 4.04. The van der Waals surface area contributed by atoms with Crippen molar-refractivity contribution in [3.63, 3.8) is 0 Å². The summed E-state index contributed by atoms with van der Waals surface area (Å²) in [5.74, 6) is 0.239. The zero-order valence-electron chi connectivity index (χ0n) is 14.2. The number of aromatic amines is 2. The second kappa shape index (κ2) is 6.14. The molecule has 0 fully saturated rings. The van der Waals surface area contributed by atoms with Gasteiger partial charge in [-0.1, -0.05) is 0 Å². The summed E-state index contributed by atoms with van der Waals surface area (Å²) in [6, 6.07) is 9.65. The van der Waals surface area contributed by atoms with Crippen molar-refractivity contribution in [2.24, 2.45) is 0 Å². The van der Waals surface area contributed by atoms with Crippen LogP contribution in [0.4, 0.5) is 16.3 Å². The molecule has 0 saturated heterocycles. The van der Waals surface area contributed by atoms with Crippen molar-refractivity contribution in [3.8, 4) is 0 Å². The first-order valence-corrected chi connectivity index (χ1v) is 8.21. The van der Waals surface area contributed by atoms with Crippen molar-refractivity contribution in [3.05, 3.63) is 47.8 Å². The van der Waals surface area contributed by atoms with Gasteiger partial charge in [-0.05, 0) is 50.2 Å². The molecule has 2 aromatic heterocycles. The van der Waals surface area contributed by atoms with E-state index in [0.717, 1.165) is 11.0 Å². The smallest absolute Gasteiger partial charge is 0.258 e. The number of amides is 1. The summed E-state index contributed by atoms with van der Waals surface area (Å²) in [6.07, 6.45) is 0. The number of hydrogen-bond acceptors (Lipinski definition) is 4. The molecule has 0 aliphatic heterocycles. The fraction of sp³-hybridized carbons (Fsp3) is 0.167. The number of fused-ring (bicyclic) bond motifs is 2. The highest BCUT2D eigenvalue weighted by Gasteiger charge is 2.12. The molecule has 1 amide bonds. The Hall–Kier alpha value is -3.42. The first-order valence-electron chi connectivity index (χ1n) is 8.21. The summed E-state index contributed by atoms with van der Waals surface area (Å²) in [7, 11) is 0. The van der Waals surface area contributed by atoms with Gasteiger partial charge in [-0.3, -0.25) is 10.1 Å². The summed E-state index contributed by atoms with van der Waals surface area (Å²) in [4.78, 5) is 27.2. The van der Waals surface area contributed by atoms with Crippen LogP contribution in [-0.2, 0) is 0 Å².